The van der Waals surface area contributed by atoms with Crippen molar-refractivity contribution in [3.8, 4) is 11.5 Å². The summed E-state index contributed by atoms with van der Waals surface area (Å²) in [6.45, 7) is 3.37. The zero-order valence-electron chi connectivity index (χ0n) is 19.2. The zero-order valence-corrected chi connectivity index (χ0v) is 21.6. The molecule has 2 heterocycles. The molecule has 1 amide bonds. The van der Waals surface area contributed by atoms with E-state index in [-0.39, 0.29) is 43.2 Å². The third-order valence-corrected chi connectivity index (χ3v) is 8.50. The largest absolute Gasteiger partial charge is 0.493 e. The number of halogens is 1. The van der Waals surface area contributed by atoms with Gasteiger partial charge in [0.05, 0.1) is 29.0 Å². The number of benzene rings is 2. The first kappa shape index (κ1) is 25.6. The number of ether oxygens (including phenoxy) is 2. The van der Waals surface area contributed by atoms with Crippen molar-refractivity contribution in [2.45, 2.75) is 13.8 Å². The van der Waals surface area contributed by atoms with Crippen LogP contribution in [0.25, 0.3) is 6.08 Å². The van der Waals surface area contributed by atoms with Crippen LogP contribution in [-0.2, 0) is 14.6 Å². The monoisotopic (exact) mass is 546 g/mol. The molecule has 1 N–H and O–H groups in total. The third-order valence-electron chi connectivity index (χ3n) is 5.13. The van der Waals surface area contributed by atoms with Crippen molar-refractivity contribution in [1.82, 2.24) is 5.01 Å². The number of methoxy groups -OCH3 is 1. The molecule has 0 aliphatic carbocycles. The standard InChI is InChI=1S/C23H19ClN4O6S2/c1-4-36(31,32)23-27-28-19(25)15(20(29)26-22(28)35-23)9-13-10-16(24)18(17(11-13)33-3)34-21(30)14-7-5-12(2)6-8-14/h5-11,25H,4H2,1-3H3/b15-9-,25-19?. The van der Waals surface area contributed by atoms with E-state index in [1.54, 1.807) is 24.3 Å². The van der Waals surface area contributed by atoms with Gasteiger partial charge < -0.3 is 9.47 Å². The van der Waals surface area contributed by atoms with E-state index >= 15 is 0 Å². The summed E-state index contributed by atoms with van der Waals surface area (Å²) in [6, 6.07) is 9.72. The number of aliphatic imine (C=N–C) groups is 1. The van der Waals surface area contributed by atoms with Gasteiger partial charge in [0, 0.05) is 0 Å². The minimum absolute atomic E-state index is 0.00722. The second kappa shape index (κ2) is 9.88. The van der Waals surface area contributed by atoms with Crippen LogP contribution in [0.5, 0.6) is 11.5 Å². The number of fused-ring (bicyclic) bond motifs is 1. The highest BCUT2D eigenvalue weighted by molar-refractivity contribution is 8.42. The molecule has 2 aromatic carbocycles. The average Bonchev–Trinajstić information content (AvgIpc) is 3.28. The van der Waals surface area contributed by atoms with Crippen molar-refractivity contribution in [3.63, 3.8) is 0 Å². The highest BCUT2D eigenvalue weighted by Gasteiger charge is 2.39. The Morgan fingerprint density at radius 3 is 2.58 bits per heavy atom. The number of hydrazone groups is 1. The molecule has 0 fully saturated rings. The first-order chi connectivity index (χ1) is 17.0. The smallest absolute Gasteiger partial charge is 0.343 e. The summed E-state index contributed by atoms with van der Waals surface area (Å²) >= 11 is 7.10. The number of amidine groups is 2. The number of carbonyl (C=O) groups excluding carboxylic acids is 2. The number of thioether (sulfide) groups is 1. The Kier molecular flexibility index (Phi) is 7.03. The number of hydrogen-bond donors (Lipinski definition) is 1. The molecule has 4 rings (SSSR count). The molecule has 0 radical (unpaired) electrons. The van der Waals surface area contributed by atoms with Gasteiger partial charge in [0.1, 0.15) is 0 Å². The molecule has 10 nitrogen and oxygen atoms in total. The van der Waals surface area contributed by atoms with E-state index in [1.165, 1.54) is 32.2 Å². The van der Waals surface area contributed by atoms with E-state index in [4.69, 9.17) is 26.5 Å². The van der Waals surface area contributed by atoms with Gasteiger partial charge in [-0.1, -0.05) is 36.2 Å². The quantitative estimate of drug-likeness (QED) is 0.338. The molecule has 0 spiro atoms. The van der Waals surface area contributed by atoms with Gasteiger partial charge in [-0.2, -0.15) is 10.0 Å². The Morgan fingerprint density at radius 2 is 1.94 bits per heavy atom. The van der Waals surface area contributed by atoms with Crippen molar-refractivity contribution >= 4 is 66.5 Å². The summed E-state index contributed by atoms with van der Waals surface area (Å²) in [4.78, 5) is 29.1. The molecule has 2 aliphatic heterocycles. The minimum Gasteiger partial charge on any atom is -0.493 e. The summed E-state index contributed by atoms with van der Waals surface area (Å²) in [5.41, 5.74) is 1.53. The fraction of sp³-hybridized carbons (Fsp3) is 0.174. The maximum Gasteiger partial charge on any atom is 0.343 e. The molecule has 0 saturated heterocycles. The van der Waals surface area contributed by atoms with E-state index in [0.29, 0.717) is 22.9 Å². The molecule has 0 unspecified atom stereocenters. The summed E-state index contributed by atoms with van der Waals surface area (Å²) in [7, 11) is -2.27. The van der Waals surface area contributed by atoms with Gasteiger partial charge in [-0.05, 0) is 54.6 Å². The molecule has 0 aromatic heterocycles. The molecule has 13 heteroatoms. The molecule has 2 aliphatic rings. The van der Waals surface area contributed by atoms with E-state index < -0.39 is 21.7 Å². The van der Waals surface area contributed by atoms with Crippen molar-refractivity contribution in [2.24, 2.45) is 10.1 Å². The Hall–Kier alpha value is -3.48. The number of amides is 1. The summed E-state index contributed by atoms with van der Waals surface area (Å²) in [6.07, 6.45) is 1.34. The number of aryl methyl sites for hydroxylation is 1. The van der Waals surface area contributed by atoms with Gasteiger partial charge >= 0.3 is 5.97 Å². The van der Waals surface area contributed by atoms with Crippen molar-refractivity contribution in [3.05, 3.63) is 63.7 Å². The lowest BCUT2D eigenvalue weighted by Gasteiger charge is -2.20. The molecule has 0 bridgehead atoms. The summed E-state index contributed by atoms with van der Waals surface area (Å²) in [5.74, 6) is -1.78. The first-order valence-corrected chi connectivity index (χ1v) is 13.3. The van der Waals surface area contributed by atoms with Crippen LogP contribution in [0.2, 0.25) is 5.02 Å². The predicted octanol–water partition coefficient (Wildman–Crippen LogP) is 3.89. The topological polar surface area (TPSA) is 139 Å². The molecule has 2 aromatic rings. The van der Waals surface area contributed by atoms with Gasteiger partial charge in [0.15, 0.2) is 17.3 Å². The Morgan fingerprint density at radius 1 is 1.25 bits per heavy atom. The van der Waals surface area contributed by atoms with Crippen LogP contribution in [0, 0.1) is 12.3 Å². The molecular formula is C23H19ClN4O6S2. The number of esters is 1. The van der Waals surface area contributed by atoms with Gasteiger partial charge in [-0.25, -0.2) is 13.2 Å². The highest BCUT2D eigenvalue weighted by atomic mass is 35.5. The number of carbonyl (C=O) groups is 2. The number of nitrogens with zero attached hydrogens (tertiary/aromatic N) is 3. The van der Waals surface area contributed by atoms with Crippen LogP contribution in [0.4, 0.5) is 0 Å². The van der Waals surface area contributed by atoms with E-state index in [0.717, 1.165) is 10.6 Å². The van der Waals surface area contributed by atoms with Gasteiger partial charge in [0.25, 0.3) is 5.91 Å². The SMILES string of the molecule is CCS(=O)(=O)C1=NN2C(=N)/C(=C/c3cc(Cl)c(OC(=O)c4ccc(C)cc4)c(OC)c3)C(=O)N=C2S1. The lowest BCUT2D eigenvalue weighted by molar-refractivity contribution is -0.114. The van der Waals surface area contributed by atoms with Gasteiger partial charge in [0.2, 0.25) is 19.4 Å². The molecule has 186 valence electrons. The van der Waals surface area contributed by atoms with Crippen LogP contribution in [-0.4, -0.2) is 53.5 Å². The van der Waals surface area contributed by atoms with Crippen LogP contribution >= 0.6 is 23.4 Å². The first-order valence-electron chi connectivity index (χ1n) is 10.4. The Balaban J connectivity index is 1.65. The van der Waals surface area contributed by atoms with Crippen LogP contribution in [0.15, 0.2) is 52.1 Å². The lowest BCUT2D eigenvalue weighted by Crippen LogP contribution is -2.35. The van der Waals surface area contributed by atoms with Crippen LogP contribution in [0.1, 0.15) is 28.4 Å². The predicted molar refractivity (Wildman–Crippen MR) is 139 cm³/mol. The average molecular weight is 547 g/mol. The number of nitrogens with one attached hydrogen (secondary N) is 1. The zero-order chi connectivity index (χ0) is 26.2. The Bertz CT molecular complexity index is 1500. The van der Waals surface area contributed by atoms with E-state index in [9.17, 15) is 18.0 Å². The van der Waals surface area contributed by atoms with Gasteiger partial charge in [-0.15, -0.1) is 5.10 Å². The van der Waals surface area contributed by atoms with E-state index in [2.05, 4.69) is 10.1 Å². The second-order valence-electron chi connectivity index (χ2n) is 7.58. The van der Waals surface area contributed by atoms with Gasteiger partial charge in [-0.3, -0.25) is 10.2 Å². The normalized spacial score (nSPS) is 16.6. The van der Waals surface area contributed by atoms with E-state index in [1.807, 2.05) is 6.92 Å². The molecular weight excluding hydrogens is 528 g/mol. The molecule has 0 saturated carbocycles. The number of sulfone groups is 1. The fourth-order valence-electron chi connectivity index (χ4n) is 3.15. The molecule has 36 heavy (non-hydrogen) atoms. The summed E-state index contributed by atoms with van der Waals surface area (Å²) in [5, 5.41) is 13.4. The highest BCUT2D eigenvalue weighted by Crippen LogP contribution is 2.38. The number of hydrogen-bond acceptors (Lipinski definition) is 9. The summed E-state index contributed by atoms with van der Waals surface area (Å²) < 4.78 is 34.9. The molecule has 0 atom stereocenters. The van der Waals surface area contributed by atoms with Crippen molar-refractivity contribution in [1.29, 1.82) is 5.41 Å². The van der Waals surface area contributed by atoms with Crippen LogP contribution in [0.3, 0.4) is 0 Å². The minimum atomic E-state index is -3.64. The lowest BCUT2D eigenvalue weighted by atomic mass is 10.1. The maximum atomic E-state index is 12.6. The number of rotatable bonds is 5. The van der Waals surface area contributed by atoms with Crippen molar-refractivity contribution in [2.75, 3.05) is 12.9 Å². The maximum absolute atomic E-state index is 12.6. The third kappa shape index (κ3) is 4.92. The van der Waals surface area contributed by atoms with Crippen LogP contribution < -0.4 is 9.47 Å². The van der Waals surface area contributed by atoms with Crippen molar-refractivity contribution < 1.29 is 27.5 Å². The fourth-order valence-corrected chi connectivity index (χ4v) is 5.58. The second-order valence-corrected chi connectivity index (χ2v) is 11.4. The Labute approximate surface area is 216 Å².